The van der Waals surface area contributed by atoms with Crippen LogP contribution in [0.5, 0.6) is 0 Å². The molecule has 1 aromatic carbocycles. The predicted molar refractivity (Wildman–Crippen MR) is 82.5 cm³/mol. The topological polar surface area (TPSA) is 84.5 Å². The second kappa shape index (κ2) is 6.00. The van der Waals surface area contributed by atoms with Gasteiger partial charge >= 0.3 is 0 Å². The van der Waals surface area contributed by atoms with Crippen LogP contribution in [0.1, 0.15) is 30.1 Å². The van der Waals surface area contributed by atoms with Crippen LogP contribution in [0.15, 0.2) is 29.2 Å². The Balaban J connectivity index is 1.63. The van der Waals surface area contributed by atoms with E-state index >= 15 is 0 Å². The fourth-order valence-electron chi connectivity index (χ4n) is 2.90. The van der Waals surface area contributed by atoms with Gasteiger partial charge in [0.05, 0.1) is 23.6 Å². The van der Waals surface area contributed by atoms with Gasteiger partial charge in [-0.15, -0.1) is 4.31 Å². The first kappa shape index (κ1) is 15.5. The highest BCUT2D eigenvalue weighted by Gasteiger charge is 2.42. The second-order valence-corrected chi connectivity index (χ2v) is 7.23. The normalized spacial score (nSPS) is 22.5. The molecule has 2 aliphatic rings. The van der Waals surface area contributed by atoms with Crippen LogP contribution in [0, 0.1) is 0 Å². The summed E-state index contributed by atoms with van der Waals surface area (Å²) in [6.07, 6.45) is 1.46. The maximum absolute atomic E-state index is 12.6. The van der Waals surface area contributed by atoms with E-state index in [0.717, 1.165) is 12.8 Å². The first-order chi connectivity index (χ1) is 10.5. The molecule has 0 saturated carbocycles. The molecule has 1 unspecified atom stereocenters. The lowest BCUT2D eigenvalue weighted by molar-refractivity contribution is -0.119. The van der Waals surface area contributed by atoms with Crippen LogP contribution >= 0.6 is 0 Å². The fraction of sp³-hybridized carbons (Fsp3) is 0.467. The van der Waals surface area contributed by atoms with Crippen LogP contribution in [-0.2, 0) is 16.2 Å². The average molecular weight is 321 g/mol. The molecule has 3 rings (SSSR count). The van der Waals surface area contributed by atoms with E-state index in [1.807, 2.05) is 4.31 Å². The molecule has 1 atom stereocenters. The Hall–Kier alpha value is -1.41. The van der Waals surface area contributed by atoms with Gasteiger partial charge in [0, 0.05) is 31.5 Å². The Kier molecular flexibility index (Phi) is 4.22. The molecule has 0 aromatic heterocycles. The first-order valence-corrected chi connectivity index (χ1v) is 8.44. The summed E-state index contributed by atoms with van der Waals surface area (Å²) >= 11 is -1.24. The summed E-state index contributed by atoms with van der Waals surface area (Å²) < 4.78 is 14.5. The summed E-state index contributed by atoms with van der Waals surface area (Å²) in [4.78, 5) is 23.3. The largest absolute Gasteiger partial charge is 0.593 e. The summed E-state index contributed by atoms with van der Waals surface area (Å²) in [5, 5.41) is 6.19. The Bertz CT molecular complexity index is 582. The highest BCUT2D eigenvalue weighted by molar-refractivity contribution is 7.89. The number of ketones is 1. The van der Waals surface area contributed by atoms with Crippen molar-refractivity contribution in [3.8, 4) is 0 Å². The molecular formula is C15H19N3O3S. The molecule has 1 amide bonds. The van der Waals surface area contributed by atoms with Crippen molar-refractivity contribution < 1.29 is 14.1 Å². The number of nitrogens with one attached hydrogen (secondary N) is 2. The number of hydrogen-bond acceptors (Lipinski definition) is 5. The Morgan fingerprint density at radius 1 is 1.27 bits per heavy atom. The van der Waals surface area contributed by atoms with E-state index in [4.69, 9.17) is 0 Å². The lowest BCUT2D eigenvalue weighted by atomic mass is 9.99. The van der Waals surface area contributed by atoms with E-state index in [1.165, 1.54) is 6.92 Å². The molecule has 2 heterocycles. The third-order valence-corrected chi connectivity index (χ3v) is 5.75. The second-order valence-electron chi connectivity index (χ2n) is 5.74. The average Bonchev–Trinajstić information content (AvgIpc) is 2.88. The monoisotopic (exact) mass is 321 g/mol. The van der Waals surface area contributed by atoms with Gasteiger partial charge in [0.1, 0.15) is 0 Å². The van der Waals surface area contributed by atoms with Crippen LogP contribution in [0.25, 0.3) is 0 Å². The van der Waals surface area contributed by atoms with E-state index < -0.39 is 11.4 Å². The molecule has 22 heavy (non-hydrogen) atoms. The molecule has 1 spiro atoms. The zero-order valence-corrected chi connectivity index (χ0v) is 13.2. The quantitative estimate of drug-likeness (QED) is 0.623. The van der Waals surface area contributed by atoms with Crippen molar-refractivity contribution >= 4 is 23.1 Å². The lowest BCUT2D eigenvalue weighted by Gasteiger charge is -2.38. The van der Waals surface area contributed by atoms with Gasteiger partial charge in [-0.1, -0.05) is 0 Å². The highest BCUT2D eigenvalue weighted by Crippen LogP contribution is 2.26. The van der Waals surface area contributed by atoms with Crippen LogP contribution in [0.2, 0.25) is 0 Å². The van der Waals surface area contributed by atoms with E-state index in [1.54, 1.807) is 24.3 Å². The van der Waals surface area contributed by atoms with Gasteiger partial charge in [0.2, 0.25) is 5.91 Å². The molecule has 7 heteroatoms. The summed E-state index contributed by atoms with van der Waals surface area (Å²) in [7, 11) is 0. The maximum Gasteiger partial charge on any atom is 0.235 e. The molecule has 1 aromatic rings. The molecule has 118 valence electrons. The summed E-state index contributed by atoms with van der Waals surface area (Å²) in [5.41, 5.74) is 0.298. The molecule has 2 saturated heterocycles. The zero-order chi connectivity index (χ0) is 15.7. The van der Waals surface area contributed by atoms with Gasteiger partial charge in [0.25, 0.3) is 0 Å². The summed E-state index contributed by atoms with van der Waals surface area (Å²) in [6, 6.07) is 6.90. The van der Waals surface area contributed by atoms with Gasteiger partial charge in [-0.3, -0.25) is 14.9 Å². The first-order valence-electron chi connectivity index (χ1n) is 7.33. The van der Waals surface area contributed by atoms with Crippen LogP contribution < -0.4 is 10.6 Å². The van der Waals surface area contributed by atoms with E-state index in [2.05, 4.69) is 10.6 Å². The van der Waals surface area contributed by atoms with Crippen molar-refractivity contribution in [1.82, 2.24) is 14.9 Å². The molecule has 0 radical (unpaired) electrons. The highest BCUT2D eigenvalue weighted by atomic mass is 32.2. The third kappa shape index (κ3) is 3.03. The Morgan fingerprint density at radius 2 is 1.91 bits per heavy atom. The number of carbonyl (C=O) groups excluding carboxylic acids is 2. The molecule has 0 bridgehead atoms. The van der Waals surface area contributed by atoms with Gasteiger partial charge < -0.3 is 9.87 Å². The number of rotatable bonds is 3. The minimum Gasteiger partial charge on any atom is -0.593 e. The van der Waals surface area contributed by atoms with Crippen LogP contribution in [-0.4, -0.2) is 45.8 Å². The van der Waals surface area contributed by atoms with Crippen molar-refractivity contribution in [3.63, 3.8) is 0 Å². The van der Waals surface area contributed by atoms with Crippen molar-refractivity contribution in [2.45, 2.75) is 30.3 Å². The molecule has 2 fully saturated rings. The SMILES string of the molecule is CC(=O)c1ccc([S+]([O-])N2CCC3(CC2)NCC(=O)N3)cc1. The minimum atomic E-state index is -1.24. The number of benzene rings is 1. The third-order valence-electron chi connectivity index (χ3n) is 4.24. The fourth-order valence-corrected chi connectivity index (χ4v) is 4.08. The number of nitrogens with zero attached hydrogens (tertiary/aromatic N) is 1. The van der Waals surface area contributed by atoms with Crippen molar-refractivity contribution in [2.75, 3.05) is 19.6 Å². The van der Waals surface area contributed by atoms with Crippen LogP contribution in [0.4, 0.5) is 0 Å². The molecule has 2 aliphatic heterocycles. The number of piperidine rings is 1. The molecule has 6 nitrogen and oxygen atoms in total. The van der Waals surface area contributed by atoms with Gasteiger partial charge in [-0.2, -0.15) is 0 Å². The lowest BCUT2D eigenvalue weighted by Crippen LogP contribution is -2.57. The number of amides is 1. The minimum absolute atomic E-state index is 0.000274. The van der Waals surface area contributed by atoms with Crippen LogP contribution in [0.3, 0.4) is 0 Å². The van der Waals surface area contributed by atoms with Gasteiger partial charge in [-0.25, -0.2) is 0 Å². The molecular weight excluding hydrogens is 302 g/mol. The van der Waals surface area contributed by atoms with Crippen molar-refractivity contribution in [3.05, 3.63) is 29.8 Å². The predicted octanol–water partition coefficient (Wildman–Crippen LogP) is 0.423. The summed E-state index contributed by atoms with van der Waals surface area (Å²) in [6.45, 7) is 3.16. The Morgan fingerprint density at radius 3 is 2.41 bits per heavy atom. The van der Waals surface area contributed by atoms with Gasteiger partial charge in [-0.05, 0) is 31.2 Å². The molecule has 0 aliphatic carbocycles. The van der Waals surface area contributed by atoms with E-state index in [9.17, 15) is 14.1 Å². The summed E-state index contributed by atoms with van der Waals surface area (Å²) in [5.74, 6) is 0.0229. The van der Waals surface area contributed by atoms with Crippen molar-refractivity contribution in [1.29, 1.82) is 0 Å². The van der Waals surface area contributed by atoms with E-state index in [0.29, 0.717) is 30.1 Å². The molecule has 2 N–H and O–H groups in total. The smallest absolute Gasteiger partial charge is 0.235 e. The maximum atomic E-state index is 12.6. The number of carbonyl (C=O) groups is 2. The van der Waals surface area contributed by atoms with Crippen molar-refractivity contribution in [2.24, 2.45) is 0 Å². The standard InChI is InChI=1S/C15H19N3O3S/c1-11(19)12-2-4-13(5-3-12)22(21)18-8-6-15(7-9-18)16-10-14(20)17-15/h2-5,16H,6-10H2,1H3,(H,17,20). The number of Topliss-reactive ketones (excluding diaryl/α,β-unsaturated/α-hetero) is 1. The zero-order valence-electron chi connectivity index (χ0n) is 12.4. The Labute approximate surface area is 132 Å². The van der Waals surface area contributed by atoms with E-state index in [-0.39, 0.29) is 17.4 Å². The van der Waals surface area contributed by atoms with Gasteiger partial charge in [0.15, 0.2) is 10.7 Å². The number of hydrogen-bond donors (Lipinski definition) is 2.